The summed E-state index contributed by atoms with van der Waals surface area (Å²) in [4.78, 5) is 1.09. The van der Waals surface area contributed by atoms with E-state index in [0.29, 0.717) is 19.3 Å². The van der Waals surface area contributed by atoms with E-state index in [0.717, 1.165) is 4.90 Å². The number of hydrogen-bond donors (Lipinski definition) is 5. The second-order valence-electron chi connectivity index (χ2n) is 7.96. The highest BCUT2D eigenvalue weighted by molar-refractivity contribution is 8.00. The normalized spacial score (nSPS) is 40.0. The molecule has 2 heterocycles. The molecule has 5 N–H and O–H groups in total. The zero-order chi connectivity index (χ0) is 21.7. The molecule has 1 aromatic carbocycles. The Morgan fingerprint density at radius 2 is 1.57 bits per heavy atom. The van der Waals surface area contributed by atoms with E-state index >= 15 is 0 Å². The first-order chi connectivity index (χ1) is 14.4. The highest BCUT2D eigenvalue weighted by Gasteiger charge is 2.41. The molecule has 2 aliphatic rings. The monoisotopic (exact) mass is 440 g/mol. The predicted octanol–water partition coefficient (Wildman–Crippen LogP) is 0.864. The number of aliphatic hydroxyl groups is 5. The predicted molar refractivity (Wildman–Crippen MR) is 113 cm³/mol. The maximum Gasteiger partial charge on any atom is 0.111 e. The van der Waals surface area contributed by atoms with Gasteiger partial charge in [-0.1, -0.05) is 30.4 Å². The molecule has 0 saturated carbocycles. The van der Waals surface area contributed by atoms with Gasteiger partial charge in [-0.25, -0.2) is 0 Å². The lowest BCUT2D eigenvalue weighted by atomic mass is 9.93. The summed E-state index contributed by atoms with van der Waals surface area (Å²) < 4.78 is 11.6. The Balaban J connectivity index is 1.59. The lowest BCUT2D eigenvalue weighted by Gasteiger charge is -2.39. The van der Waals surface area contributed by atoms with E-state index < -0.39 is 42.7 Å². The molecular formula is C22H32O7S. The van der Waals surface area contributed by atoms with Crippen LogP contribution in [0.5, 0.6) is 0 Å². The Bertz CT molecular complexity index is 673. The number of benzene rings is 1. The van der Waals surface area contributed by atoms with E-state index in [1.807, 2.05) is 42.5 Å². The third-order valence-electron chi connectivity index (χ3n) is 5.73. The summed E-state index contributed by atoms with van der Waals surface area (Å²) >= 11 is 1.65. The summed E-state index contributed by atoms with van der Waals surface area (Å²) in [6.07, 6.45) is -0.820. The Labute approximate surface area is 181 Å². The molecule has 0 spiro atoms. The summed E-state index contributed by atoms with van der Waals surface area (Å²) in [6, 6.07) is 9.93. The van der Waals surface area contributed by atoms with Crippen molar-refractivity contribution in [2.75, 3.05) is 6.61 Å². The molecule has 2 fully saturated rings. The summed E-state index contributed by atoms with van der Waals surface area (Å²) in [5.74, 6) is 0. The van der Waals surface area contributed by atoms with Gasteiger partial charge in [-0.05, 0) is 38.3 Å². The molecule has 8 heteroatoms. The van der Waals surface area contributed by atoms with Crippen LogP contribution in [0.15, 0.2) is 47.4 Å². The second-order valence-corrected chi connectivity index (χ2v) is 9.27. The van der Waals surface area contributed by atoms with Crippen LogP contribution >= 0.6 is 11.8 Å². The van der Waals surface area contributed by atoms with Gasteiger partial charge in [-0.15, -0.1) is 11.8 Å². The Hall–Kier alpha value is -0.970. The Morgan fingerprint density at radius 1 is 0.900 bits per heavy atom. The van der Waals surface area contributed by atoms with Gasteiger partial charge < -0.3 is 35.0 Å². The van der Waals surface area contributed by atoms with Crippen molar-refractivity contribution in [3.63, 3.8) is 0 Å². The molecule has 0 unspecified atom stereocenters. The van der Waals surface area contributed by atoms with Gasteiger partial charge in [0.2, 0.25) is 0 Å². The van der Waals surface area contributed by atoms with Gasteiger partial charge in [0.15, 0.2) is 0 Å². The second kappa shape index (κ2) is 11.1. The lowest BCUT2D eigenvalue weighted by molar-refractivity contribution is -0.215. The lowest BCUT2D eigenvalue weighted by Crippen LogP contribution is -2.56. The van der Waals surface area contributed by atoms with Gasteiger partial charge >= 0.3 is 0 Å². The van der Waals surface area contributed by atoms with Crippen molar-refractivity contribution < 1.29 is 35.0 Å². The first-order valence-corrected chi connectivity index (χ1v) is 11.3. The van der Waals surface area contributed by atoms with E-state index in [-0.39, 0.29) is 18.0 Å². The van der Waals surface area contributed by atoms with Crippen molar-refractivity contribution >= 4 is 11.8 Å². The average molecular weight is 441 g/mol. The van der Waals surface area contributed by atoms with E-state index in [4.69, 9.17) is 9.47 Å². The summed E-state index contributed by atoms with van der Waals surface area (Å²) in [6.45, 7) is 1.43. The fourth-order valence-electron chi connectivity index (χ4n) is 3.91. The van der Waals surface area contributed by atoms with Gasteiger partial charge in [0.05, 0.1) is 31.0 Å². The zero-order valence-corrected chi connectivity index (χ0v) is 17.8. The minimum atomic E-state index is -1.23. The fraction of sp³-hybridized carbons (Fsp3) is 0.636. The average Bonchev–Trinajstić information content (AvgIpc) is 2.75. The van der Waals surface area contributed by atoms with Crippen LogP contribution in [0.3, 0.4) is 0 Å². The molecule has 0 amide bonds. The number of ether oxygens (including phenoxy) is 2. The Kier molecular flexibility index (Phi) is 8.73. The van der Waals surface area contributed by atoms with E-state index in [9.17, 15) is 25.5 Å². The quantitative estimate of drug-likeness (QED) is 0.396. The number of thioether (sulfide) groups is 1. The molecule has 0 aromatic heterocycles. The topological polar surface area (TPSA) is 120 Å². The van der Waals surface area contributed by atoms with Crippen LogP contribution in [-0.4, -0.2) is 86.2 Å². The Morgan fingerprint density at radius 3 is 2.23 bits per heavy atom. The molecule has 7 nitrogen and oxygen atoms in total. The molecule has 0 radical (unpaired) electrons. The summed E-state index contributed by atoms with van der Waals surface area (Å²) in [5, 5.41) is 49.6. The highest BCUT2D eigenvalue weighted by Crippen LogP contribution is 2.36. The van der Waals surface area contributed by atoms with Crippen LogP contribution < -0.4 is 0 Å². The maximum absolute atomic E-state index is 10.3. The molecule has 2 saturated heterocycles. The number of rotatable bonds is 7. The van der Waals surface area contributed by atoms with E-state index in [1.54, 1.807) is 18.7 Å². The smallest absolute Gasteiger partial charge is 0.111 e. The minimum Gasteiger partial charge on any atom is -0.394 e. The van der Waals surface area contributed by atoms with Crippen molar-refractivity contribution in [3.8, 4) is 0 Å². The van der Waals surface area contributed by atoms with Crippen LogP contribution in [0.1, 0.15) is 26.2 Å². The molecule has 168 valence electrons. The number of aliphatic hydroxyl groups excluding tert-OH is 5. The van der Waals surface area contributed by atoms with Crippen molar-refractivity contribution in [3.05, 3.63) is 42.5 Å². The first-order valence-electron chi connectivity index (χ1n) is 10.4. The van der Waals surface area contributed by atoms with Crippen LogP contribution in [0.2, 0.25) is 0 Å². The van der Waals surface area contributed by atoms with E-state index in [1.165, 1.54) is 0 Å². The van der Waals surface area contributed by atoms with Gasteiger partial charge in [-0.3, -0.25) is 0 Å². The van der Waals surface area contributed by atoms with Gasteiger partial charge in [0.25, 0.3) is 0 Å². The summed E-state index contributed by atoms with van der Waals surface area (Å²) in [7, 11) is 0. The van der Waals surface area contributed by atoms with Crippen LogP contribution in [-0.2, 0) is 9.47 Å². The van der Waals surface area contributed by atoms with Crippen LogP contribution in [0, 0.1) is 0 Å². The molecule has 3 rings (SSSR count). The van der Waals surface area contributed by atoms with Crippen molar-refractivity contribution in [2.45, 2.75) is 85.2 Å². The molecule has 2 aliphatic heterocycles. The standard InChI is InChI=1S/C22H32O7S/c1-13-20(25)22(27)21(26)17(28-13)10-6-5-9-16-19(11-15(24)18(12-23)29-16)30-14-7-3-2-4-8-14/h2-8,13,15-27H,9-12H2,1H3/b6-5-/t13-,15-,16-,17-,18+,19+,20+,21+,22+/m0/s1. The third-order valence-corrected chi connectivity index (χ3v) is 7.08. The molecule has 0 bridgehead atoms. The molecule has 30 heavy (non-hydrogen) atoms. The molecular weight excluding hydrogens is 408 g/mol. The van der Waals surface area contributed by atoms with Crippen molar-refractivity contribution in [2.24, 2.45) is 0 Å². The SMILES string of the molecule is C[C@@H]1O[C@@H](C/C=C\C[C@@H]2O[C@H](CO)[C@@H](O)C[C@H]2Sc2ccccc2)[C@@H](O)[C@H](O)[C@@H]1O. The van der Waals surface area contributed by atoms with Crippen LogP contribution in [0.25, 0.3) is 0 Å². The molecule has 0 aliphatic carbocycles. The van der Waals surface area contributed by atoms with Crippen LogP contribution in [0.4, 0.5) is 0 Å². The zero-order valence-electron chi connectivity index (χ0n) is 17.0. The maximum atomic E-state index is 10.3. The first kappa shape index (κ1) is 23.7. The minimum absolute atomic E-state index is 0.0309. The van der Waals surface area contributed by atoms with Crippen molar-refractivity contribution in [1.82, 2.24) is 0 Å². The summed E-state index contributed by atoms with van der Waals surface area (Å²) in [5.41, 5.74) is 0. The van der Waals surface area contributed by atoms with E-state index in [2.05, 4.69) is 0 Å². The van der Waals surface area contributed by atoms with Gasteiger partial charge in [-0.2, -0.15) is 0 Å². The van der Waals surface area contributed by atoms with Gasteiger partial charge in [0.1, 0.15) is 24.4 Å². The highest BCUT2D eigenvalue weighted by atomic mass is 32.2. The van der Waals surface area contributed by atoms with Gasteiger partial charge in [0, 0.05) is 10.1 Å². The molecule has 1 aromatic rings. The fourth-order valence-corrected chi connectivity index (χ4v) is 5.19. The third kappa shape index (κ3) is 5.83. The largest absolute Gasteiger partial charge is 0.394 e. The van der Waals surface area contributed by atoms with Crippen molar-refractivity contribution in [1.29, 1.82) is 0 Å². The molecule has 9 atom stereocenters. The number of hydrogen-bond acceptors (Lipinski definition) is 8.